The number of benzene rings is 1. The van der Waals surface area contributed by atoms with E-state index in [1.54, 1.807) is 6.92 Å². The van der Waals surface area contributed by atoms with Crippen molar-refractivity contribution >= 4 is 17.4 Å². The SMILES string of the molecule is CCCCCC(=O)c1cc(C)c(F)cc1Cl. The topological polar surface area (TPSA) is 17.1 Å². The summed E-state index contributed by atoms with van der Waals surface area (Å²) < 4.78 is 13.1. The maximum Gasteiger partial charge on any atom is 0.164 e. The maximum atomic E-state index is 13.1. The molecule has 0 N–H and O–H groups in total. The highest BCUT2D eigenvalue weighted by molar-refractivity contribution is 6.34. The predicted octanol–water partition coefficient (Wildman–Crippen LogP) is 4.55. The molecular formula is C13H16ClFO. The summed E-state index contributed by atoms with van der Waals surface area (Å²) in [5.41, 5.74) is 0.903. The van der Waals surface area contributed by atoms with Gasteiger partial charge >= 0.3 is 0 Å². The highest BCUT2D eigenvalue weighted by Crippen LogP contribution is 2.22. The molecule has 0 atom stereocenters. The van der Waals surface area contributed by atoms with E-state index in [9.17, 15) is 9.18 Å². The van der Waals surface area contributed by atoms with Crippen LogP contribution in [-0.4, -0.2) is 5.78 Å². The van der Waals surface area contributed by atoms with Crippen molar-refractivity contribution in [2.75, 3.05) is 0 Å². The van der Waals surface area contributed by atoms with Crippen molar-refractivity contribution < 1.29 is 9.18 Å². The van der Waals surface area contributed by atoms with Crippen molar-refractivity contribution in [2.24, 2.45) is 0 Å². The minimum absolute atomic E-state index is 0.00144. The predicted molar refractivity (Wildman–Crippen MR) is 64.6 cm³/mol. The highest BCUT2D eigenvalue weighted by atomic mass is 35.5. The molecule has 0 heterocycles. The van der Waals surface area contributed by atoms with Crippen molar-refractivity contribution in [3.63, 3.8) is 0 Å². The number of halogens is 2. The first kappa shape index (κ1) is 13.2. The van der Waals surface area contributed by atoms with Gasteiger partial charge < -0.3 is 0 Å². The first-order valence-corrected chi connectivity index (χ1v) is 5.93. The minimum Gasteiger partial charge on any atom is -0.294 e. The first-order chi connectivity index (χ1) is 7.56. The Bertz CT molecular complexity index is 388. The lowest BCUT2D eigenvalue weighted by Gasteiger charge is -2.05. The quantitative estimate of drug-likeness (QED) is 0.547. The van der Waals surface area contributed by atoms with E-state index in [4.69, 9.17) is 11.6 Å². The van der Waals surface area contributed by atoms with E-state index in [1.807, 2.05) is 0 Å². The number of hydrogen-bond donors (Lipinski definition) is 0. The highest BCUT2D eigenvalue weighted by Gasteiger charge is 2.12. The van der Waals surface area contributed by atoms with Gasteiger partial charge in [-0.25, -0.2) is 4.39 Å². The Morgan fingerprint density at radius 2 is 2.06 bits per heavy atom. The van der Waals surface area contributed by atoms with Crippen LogP contribution in [0.5, 0.6) is 0 Å². The Morgan fingerprint density at radius 3 is 2.69 bits per heavy atom. The Hall–Kier alpha value is -0.890. The van der Waals surface area contributed by atoms with Crippen LogP contribution in [0.2, 0.25) is 5.02 Å². The van der Waals surface area contributed by atoms with Crippen LogP contribution in [0, 0.1) is 12.7 Å². The van der Waals surface area contributed by atoms with Gasteiger partial charge in [-0.2, -0.15) is 0 Å². The van der Waals surface area contributed by atoms with Crippen molar-refractivity contribution in [3.8, 4) is 0 Å². The molecule has 88 valence electrons. The van der Waals surface area contributed by atoms with Crippen LogP contribution in [0.15, 0.2) is 12.1 Å². The van der Waals surface area contributed by atoms with E-state index in [1.165, 1.54) is 12.1 Å². The largest absolute Gasteiger partial charge is 0.294 e. The Kier molecular flexibility index (Phi) is 4.94. The summed E-state index contributed by atoms with van der Waals surface area (Å²) in [6, 6.07) is 2.75. The molecule has 0 aliphatic carbocycles. The zero-order chi connectivity index (χ0) is 12.1. The van der Waals surface area contributed by atoms with Crippen LogP contribution in [0.4, 0.5) is 4.39 Å². The summed E-state index contributed by atoms with van der Waals surface area (Å²) in [7, 11) is 0. The molecular weight excluding hydrogens is 227 g/mol. The van der Waals surface area contributed by atoms with E-state index < -0.39 is 0 Å². The zero-order valence-electron chi connectivity index (χ0n) is 9.65. The van der Waals surface area contributed by atoms with E-state index in [-0.39, 0.29) is 16.6 Å². The summed E-state index contributed by atoms with van der Waals surface area (Å²) >= 11 is 5.85. The Labute approximate surface area is 101 Å². The van der Waals surface area contributed by atoms with Gasteiger partial charge in [-0.3, -0.25) is 4.79 Å². The van der Waals surface area contributed by atoms with Crippen LogP contribution in [0.3, 0.4) is 0 Å². The second-order valence-corrected chi connectivity index (χ2v) is 4.37. The van der Waals surface area contributed by atoms with Crippen molar-refractivity contribution in [1.82, 2.24) is 0 Å². The van der Waals surface area contributed by atoms with Crippen LogP contribution >= 0.6 is 11.6 Å². The van der Waals surface area contributed by atoms with Crippen LogP contribution in [0.25, 0.3) is 0 Å². The summed E-state index contributed by atoms with van der Waals surface area (Å²) in [5, 5.41) is 0.213. The lowest BCUT2D eigenvalue weighted by Crippen LogP contribution is -2.01. The molecule has 3 heteroatoms. The number of carbonyl (C=O) groups excluding carboxylic acids is 1. The van der Waals surface area contributed by atoms with E-state index in [0.717, 1.165) is 19.3 Å². The molecule has 0 aliphatic rings. The lowest BCUT2D eigenvalue weighted by atomic mass is 10.0. The molecule has 1 aromatic carbocycles. The van der Waals surface area contributed by atoms with Crippen LogP contribution < -0.4 is 0 Å². The van der Waals surface area contributed by atoms with E-state index in [2.05, 4.69) is 6.92 Å². The summed E-state index contributed by atoms with van der Waals surface area (Å²) in [6.07, 6.45) is 3.45. The molecule has 0 saturated heterocycles. The number of ketones is 1. The van der Waals surface area contributed by atoms with E-state index >= 15 is 0 Å². The summed E-state index contributed by atoms with van der Waals surface area (Å²) in [4.78, 5) is 11.8. The third kappa shape index (κ3) is 3.31. The normalized spacial score (nSPS) is 10.5. The fourth-order valence-corrected chi connectivity index (χ4v) is 1.80. The molecule has 0 radical (unpaired) electrons. The minimum atomic E-state index is -0.366. The fourth-order valence-electron chi connectivity index (χ4n) is 1.54. The second-order valence-electron chi connectivity index (χ2n) is 3.96. The number of unbranched alkanes of at least 4 members (excludes halogenated alkanes) is 2. The molecule has 0 bridgehead atoms. The molecule has 0 aliphatic heterocycles. The smallest absolute Gasteiger partial charge is 0.164 e. The molecule has 1 aromatic rings. The Morgan fingerprint density at radius 1 is 1.38 bits per heavy atom. The van der Waals surface area contributed by atoms with Crippen LogP contribution in [-0.2, 0) is 0 Å². The lowest BCUT2D eigenvalue weighted by molar-refractivity contribution is 0.0979. The van der Waals surface area contributed by atoms with Gasteiger partial charge in [0.1, 0.15) is 5.82 Å². The number of rotatable bonds is 5. The molecule has 16 heavy (non-hydrogen) atoms. The van der Waals surface area contributed by atoms with Gasteiger partial charge in [0.25, 0.3) is 0 Å². The average Bonchev–Trinajstić information content (AvgIpc) is 2.23. The second kappa shape index (κ2) is 6.00. The van der Waals surface area contributed by atoms with Gasteiger partial charge in [0.15, 0.2) is 5.78 Å². The van der Waals surface area contributed by atoms with Gasteiger partial charge in [0.05, 0.1) is 5.02 Å². The monoisotopic (exact) mass is 242 g/mol. The third-order valence-electron chi connectivity index (χ3n) is 2.56. The molecule has 1 nitrogen and oxygen atoms in total. The van der Waals surface area contributed by atoms with Gasteiger partial charge in [0.2, 0.25) is 0 Å². The van der Waals surface area contributed by atoms with Crippen molar-refractivity contribution in [2.45, 2.75) is 39.5 Å². The standard InChI is InChI=1S/C13H16ClFO/c1-3-4-5-6-13(16)10-7-9(2)12(15)8-11(10)14/h7-8H,3-6H2,1-2H3. The van der Waals surface area contributed by atoms with Gasteiger partial charge in [-0.15, -0.1) is 0 Å². The molecule has 0 aromatic heterocycles. The fraction of sp³-hybridized carbons (Fsp3) is 0.462. The zero-order valence-corrected chi connectivity index (χ0v) is 10.4. The first-order valence-electron chi connectivity index (χ1n) is 5.55. The molecule has 0 saturated carbocycles. The molecule has 0 spiro atoms. The molecule has 1 rings (SSSR count). The number of hydrogen-bond acceptors (Lipinski definition) is 1. The summed E-state index contributed by atoms with van der Waals surface area (Å²) in [6.45, 7) is 3.72. The third-order valence-corrected chi connectivity index (χ3v) is 2.87. The number of Topliss-reactive ketones (excluding diaryl/α,β-unsaturated/α-hetero) is 1. The number of aryl methyl sites for hydroxylation is 1. The van der Waals surface area contributed by atoms with Gasteiger partial charge in [-0.05, 0) is 31.0 Å². The van der Waals surface area contributed by atoms with E-state index in [0.29, 0.717) is 17.5 Å². The molecule has 0 unspecified atom stereocenters. The van der Waals surface area contributed by atoms with Gasteiger partial charge in [-0.1, -0.05) is 31.4 Å². The van der Waals surface area contributed by atoms with Gasteiger partial charge in [0, 0.05) is 12.0 Å². The summed E-state index contributed by atoms with van der Waals surface area (Å²) in [5.74, 6) is -0.364. The van der Waals surface area contributed by atoms with Crippen LogP contribution in [0.1, 0.15) is 48.5 Å². The van der Waals surface area contributed by atoms with Crippen molar-refractivity contribution in [3.05, 3.63) is 34.1 Å². The number of carbonyl (C=O) groups is 1. The maximum absolute atomic E-state index is 13.1. The average molecular weight is 243 g/mol. The Balaban J connectivity index is 2.79. The molecule has 0 amide bonds. The molecule has 0 fully saturated rings. The van der Waals surface area contributed by atoms with Crippen molar-refractivity contribution in [1.29, 1.82) is 0 Å².